The Morgan fingerprint density at radius 3 is 1.61 bits per heavy atom. The first-order valence-electron chi connectivity index (χ1n) is 5.02. The van der Waals surface area contributed by atoms with Crippen molar-refractivity contribution >= 4 is 16.0 Å². The van der Waals surface area contributed by atoms with Crippen molar-refractivity contribution in [2.75, 3.05) is 4.72 Å². The second-order valence-corrected chi connectivity index (χ2v) is 4.43. The van der Waals surface area contributed by atoms with Crippen molar-refractivity contribution < 1.29 is 18.1 Å². The van der Waals surface area contributed by atoms with Crippen molar-refractivity contribution in [1.29, 1.82) is 0 Å². The molecule has 0 bridgehead atoms. The quantitative estimate of drug-likeness (QED) is 0.729. The van der Waals surface area contributed by atoms with Crippen molar-refractivity contribution in [2.45, 2.75) is 0 Å². The number of benzene rings is 2. The van der Waals surface area contributed by atoms with E-state index in [0.717, 1.165) is 0 Å². The average molecular weight is 267 g/mol. The molecular formula is C12H13NO4S. The normalized spacial score (nSPS) is 10.1. The summed E-state index contributed by atoms with van der Waals surface area (Å²) in [7, 11) is -4.13. The molecule has 6 heteroatoms. The summed E-state index contributed by atoms with van der Waals surface area (Å²) in [6.45, 7) is 0. The highest BCUT2D eigenvalue weighted by Gasteiger charge is 2.00. The van der Waals surface area contributed by atoms with Crippen molar-refractivity contribution in [2.24, 2.45) is 0 Å². The van der Waals surface area contributed by atoms with Gasteiger partial charge in [-0.25, -0.2) is 0 Å². The van der Waals surface area contributed by atoms with Crippen LogP contribution >= 0.6 is 0 Å². The van der Waals surface area contributed by atoms with Gasteiger partial charge in [0.2, 0.25) is 0 Å². The van der Waals surface area contributed by atoms with E-state index in [4.69, 9.17) is 9.66 Å². The summed E-state index contributed by atoms with van der Waals surface area (Å²) in [6.07, 6.45) is 0. The highest BCUT2D eigenvalue weighted by Crippen LogP contribution is 2.05. The van der Waals surface area contributed by atoms with E-state index in [1.165, 1.54) is 12.1 Å². The molecule has 0 radical (unpaired) electrons. The van der Waals surface area contributed by atoms with Crippen LogP contribution in [0.3, 0.4) is 0 Å². The zero-order valence-electron chi connectivity index (χ0n) is 9.39. The number of anilines is 1. The second kappa shape index (κ2) is 6.63. The molecule has 0 saturated heterocycles. The summed E-state index contributed by atoms with van der Waals surface area (Å²) in [5.41, 5.74) is 0.343. The highest BCUT2D eigenvalue weighted by atomic mass is 32.2. The maximum atomic E-state index is 10.2. The van der Waals surface area contributed by atoms with Crippen molar-refractivity contribution in [3.8, 4) is 5.75 Å². The van der Waals surface area contributed by atoms with Crippen LogP contribution in [0.15, 0.2) is 60.7 Å². The molecule has 2 aromatic carbocycles. The zero-order valence-corrected chi connectivity index (χ0v) is 10.2. The number of hydrogen-bond donors (Lipinski definition) is 3. The fourth-order valence-electron chi connectivity index (χ4n) is 1.08. The largest absolute Gasteiger partial charge is 0.508 e. The maximum Gasteiger partial charge on any atom is 0.357 e. The molecular weight excluding hydrogens is 254 g/mol. The summed E-state index contributed by atoms with van der Waals surface area (Å²) in [6, 6.07) is 16.8. The molecule has 96 valence electrons. The van der Waals surface area contributed by atoms with Gasteiger partial charge in [-0.05, 0) is 24.3 Å². The molecule has 0 heterocycles. The first-order valence-corrected chi connectivity index (χ1v) is 6.46. The smallest absolute Gasteiger partial charge is 0.357 e. The minimum Gasteiger partial charge on any atom is -0.508 e. The third-order valence-corrected chi connectivity index (χ3v) is 2.27. The molecule has 5 nitrogen and oxygen atoms in total. The molecule has 0 amide bonds. The fourth-order valence-corrected chi connectivity index (χ4v) is 1.52. The van der Waals surface area contributed by atoms with E-state index < -0.39 is 10.3 Å². The van der Waals surface area contributed by atoms with Crippen molar-refractivity contribution in [1.82, 2.24) is 0 Å². The van der Waals surface area contributed by atoms with Gasteiger partial charge in [0.25, 0.3) is 0 Å². The number of para-hydroxylation sites is 2. The van der Waals surface area contributed by atoms with Crippen LogP contribution in [0, 0.1) is 0 Å². The van der Waals surface area contributed by atoms with Gasteiger partial charge in [0.15, 0.2) is 0 Å². The Kier molecular flexibility index (Phi) is 5.16. The van der Waals surface area contributed by atoms with Gasteiger partial charge < -0.3 is 5.11 Å². The van der Waals surface area contributed by atoms with Gasteiger partial charge >= 0.3 is 10.3 Å². The molecule has 0 atom stereocenters. The predicted molar refractivity (Wildman–Crippen MR) is 69.7 cm³/mol. The maximum absolute atomic E-state index is 10.2. The van der Waals surface area contributed by atoms with E-state index in [-0.39, 0.29) is 0 Å². The summed E-state index contributed by atoms with van der Waals surface area (Å²) in [4.78, 5) is 0. The summed E-state index contributed by atoms with van der Waals surface area (Å²) >= 11 is 0. The Hall–Kier alpha value is -2.05. The van der Waals surface area contributed by atoms with Crippen molar-refractivity contribution in [3.63, 3.8) is 0 Å². The van der Waals surface area contributed by atoms with Crippen LogP contribution in [0.1, 0.15) is 0 Å². The SMILES string of the molecule is O=S(=O)(O)Nc1ccccc1.Oc1ccccc1. The molecule has 2 aromatic rings. The van der Waals surface area contributed by atoms with Gasteiger partial charge in [-0.15, -0.1) is 0 Å². The lowest BCUT2D eigenvalue weighted by Gasteiger charge is -1.99. The Bertz CT molecular complexity index is 555. The molecule has 2 rings (SSSR count). The van der Waals surface area contributed by atoms with Crippen LogP contribution < -0.4 is 4.72 Å². The lowest BCUT2D eigenvalue weighted by Crippen LogP contribution is -2.09. The third kappa shape index (κ3) is 6.51. The van der Waals surface area contributed by atoms with Crippen LogP contribution in [0.5, 0.6) is 5.75 Å². The summed E-state index contributed by atoms with van der Waals surface area (Å²) < 4.78 is 30.7. The first-order chi connectivity index (χ1) is 8.47. The van der Waals surface area contributed by atoms with Gasteiger partial charge in [-0.2, -0.15) is 8.42 Å². The Morgan fingerprint density at radius 1 is 0.833 bits per heavy atom. The fraction of sp³-hybridized carbons (Fsp3) is 0. The van der Waals surface area contributed by atoms with Gasteiger partial charge in [-0.1, -0.05) is 36.4 Å². The number of aromatic hydroxyl groups is 1. The molecule has 0 aliphatic heterocycles. The van der Waals surface area contributed by atoms with Gasteiger partial charge in [0, 0.05) is 0 Å². The van der Waals surface area contributed by atoms with E-state index in [2.05, 4.69) is 0 Å². The third-order valence-electron chi connectivity index (χ3n) is 1.78. The monoisotopic (exact) mass is 267 g/mol. The lowest BCUT2D eigenvalue weighted by molar-refractivity contribution is 0.475. The second-order valence-electron chi connectivity index (χ2n) is 3.28. The van der Waals surface area contributed by atoms with Gasteiger partial charge in [0.05, 0.1) is 5.69 Å². The summed E-state index contributed by atoms with van der Waals surface area (Å²) in [5, 5.41) is 8.63. The number of phenols is 1. The topological polar surface area (TPSA) is 86.6 Å². The van der Waals surface area contributed by atoms with E-state index in [9.17, 15) is 8.42 Å². The molecule has 0 aromatic heterocycles. The van der Waals surface area contributed by atoms with Crippen molar-refractivity contribution in [3.05, 3.63) is 60.7 Å². The standard InChI is InChI=1S/C6H7NO3S.C6H6O/c8-11(9,10)7-6-4-2-1-3-5-6;7-6-4-2-1-3-5-6/h1-5,7H,(H,8,9,10);1-5,7H. The number of rotatable bonds is 2. The van der Waals surface area contributed by atoms with Crippen LogP contribution in [-0.4, -0.2) is 18.1 Å². The molecule has 0 spiro atoms. The number of phenolic OH excluding ortho intramolecular Hbond substituents is 1. The molecule has 0 aliphatic rings. The molecule has 0 fully saturated rings. The van der Waals surface area contributed by atoms with Crippen LogP contribution in [-0.2, 0) is 10.3 Å². The van der Waals surface area contributed by atoms with E-state index >= 15 is 0 Å². The summed E-state index contributed by atoms with van der Waals surface area (Å²) in [5.74, 6) is 0.322. The van der Waals surface area contributed by atoms with Crippen LogP contribution in [0.25, 0.3) is 0 Å². The first kappa shape index (κ1) is 14.0. The Labute approximate surface area is 106 Å². The minimum absolute atomic E-state index is 0.322. The zero-order chi connectivity index (χ0) is 13.4. The van der Waals surface area contributed by atoms with Crippen LogP contribution in [0.2, 0.25) is 0 Å². The van der Waals surface area contributed by atoms with Gasteiger partial charge in [-0.3, -0.25) is 9.27 Å². The van der Waals surface area contributed by atoms with Gasteiger partial charge in [0.1, 0.15) is 5.75 Å². The predicted octanol–water partition coefficient (Wildman–Crippen LogP) is 2.29. The number of nitrogens with one attached hydrogen (secondary N) is 1. The number of hydrogen-bond acceptors (Lipinski definition) is 3. The van der Waals surface area contributed by atoms with Crippen LogP contribution in [0.4, 0.5) is 5.69 Å². The van der Waals surface area contributed by atoms with E-state index in [0.29, 0.717) is 11.4 Å². The van der Waals surface area contributed by atoms with E-state index in [1.807, 2.05) is 10.8 Å². The highest BCUT2D eigenvalue weighted by molar-refractivity contribution is 7.87. The Balaban J connectivity index is 0.000000199. The molecule has 0 aliphatic carbocycles. The molecule has 18 heavy (non-hydrogen) atoms. The minimum atomic E-state index is -4.13. The molecule has 0 unspecified atom stereocenters. The average Bonchev–Trinajstić information content (AvgIpc) is 2.30. The molecule has 0 saturated carbocycles. The lowest BCUT2D eigenvalue weighted by atomic mass is 10.3. The van der Waals surface area contributed by atoms with E-state index in [1.54, 1.807) is 42.5 Å². The Morgan fingerprint density at radius 2 is 1.28 bits per heavy atom. The molecule has 3 N–H and O–H groups in total.